The van der Waals surface area contributed by atoms with Gasteiger partial charge in [-0.1, -0.05) is 0 Å². The van der Waals surface area contributed by atoms with Gasteiger partial charge in [0.2, 0.25) is 0 Å². The molecule has 2 N–H and O–H groups in total. The van der Waals surface area contributed by atoms with Gasteiger partial charge in [0.05, 0.1) is 6.10 Å². The van der Waals surface area contributed by atoms with E-state index in [-0.39, 0.29) is 16.9 Å². The van der Waals surface area contributed by atoms with Gasteiger partial charge in [-0.15, -0.1) is 0 Å². The zero-order chi connectivity index (χ0) is 21.2. The van der Waals surface area contributed by atoms with Crippen molar-refractivity contribution in [2.24, 2.45) is 4.99 Å². The van der Waals surface area contributed by atoms with E-state index in [2.05, 4.69) is 40.6 Å². The molecule has 0 bridgehead atoms. The van der Waals surface area contributed by atoms with E-state index in [0.717, 1.165) is 44.9 Å². The second kappa shape index (κ2) is 11.8. The number of rotatable bonds is 8. The van der Waals surface area contributed by atoms with Crippen LogP contribution >= 0.6 is 11.8 Å². The summed E-state index contributed by atoms with van der Waals surface area (Å²) in [5.74, 6) is 0.974. The minimum atomic E-state index is -0.463. The van der Waals surface area contributed by atoms with Crippen LogP contribution in [-0.4, -0.2) is 79.5 Å². The van der Waals surface area contributed by atoms with Crippen LogP contribution in [0.2, 0.25) is 0 Å². The van der Waals surface area contributed by atoms with E-state index in [0.29, 0.717) is 13.2 Å². The predicted octanol–water partition coefficient (Wildman–Crippen LogP) is 3.10. The molecule has 1 fully saturated rings. The standard InChI is InChI=1S/C20H40N4O3S/c1-19(2,3)27-18(25)22-11-8-14-26-16-9-12-24(13-10-16)17(21-6)23-15-20(4,5)28-7/h16H,8-15H2,1-7H3,(H,21,23)(H,22,25). The van der Waals surface area contributed by atoms with Crippen molar-refractivity contribution in [3.8, 4) is 0 Å². The van der Waals surface area contributed by atoms with Gasteiger partial charge in [0, 0.05) is 44.6 Å². The molecule has 0 aromatic heterocycles. The number of ether oxygens (including phenoxy) is 2. The zero-order valence-corrected chi connectivity index (χ0v) is 19.6. The summed E-state index contributed by atoms with van der Waals surface area (Å²) in [4.78, 5) is 18.3. The van der Waals surface area contributed by atoms with E-state index in [4.69, 9.17) is 9.47 Å². The minimum absolute atomic E-state index is 0.185. The summed E-state index contributed by atoms with van der Waals surface area (Å²) in [5, 5.41) is 6.26. The molecule has 1 heterocycles. The third-order valence-electron chi connectivity index (χ3n) is 4.52. The summed E-state index contributed by atoms with van der Waals surface area (Å²) >= 11 is 1.85. The highest BCUT2D eigenvalue weighted by Gasteiger charge is 2.23. The van der Waals surface area contributed by atoms with Crippen LogP contribution in [0.15, 0.2) is 4.99 Å². The number of amides is 1. The fourth-order valence-corrected chi connectivity index (χ4v) is 2.97. The van der Waals surface area contributed by atoms with E-state index in [9.17, 15) is 4.79 Å². The number of carbonyl (C=O) groups excluding carboxylic acids is 1. The van der Waals surface area contributed by atoms with Gasteiger partial charge in [0.1, 0.15) is 5.60 Å². The SMILES string of the molecule is CN=C(NCC(C)(C)SC)N1CCC(OCCCNC(=O)OC(C)(C)C)CC1. The number of hydrogen-bond acceptors (Lipinski definition) is 5. The molecule has 1 aliphatic heterocycles. The Balaban J connectivity index is 2.20. The monoisotopic (exact) mass is 416 g/mol. The number of aliphatic imine (C=N–C) groups is 1. The molecule has 1 rings (SSSR count). The molecule has 0 aliphatic carbocycles. The molecular weight excluding hydrogens is 376 g/mol. The Morgan fingerprint density at radius 2 is 1.82 bits per heavy atom. The summed E-state index contributed by atoms with van der Waals surface area (Å²) < 4.78 is 11.4. The molecule has 164 valence electrons. The lowest BCUT2D eigenvalue weighted by Crippen LogP contribution is -2.49. The lowest BCUT2D eigenvalue weighted by atomic mass is 10.1. The smallest absolute Gasteiger partial charge is 0.407 e. The fourth-order valence-electron chi connectivity index (χ4n) is 2.76. The van der Waals surface area contributed by atoms with E-state index in [1.807, 2.05) is 39.6 Å². The summed E-state index contributed by atoms with van der Waals surface area (Å²) in [7, 11) is 1.84. The first-order valence-electron chi connectivity index (χ1n) is 10.2. The number of piperidine rings is 1. The van der Waals surface area contributed by atoms with E-state index >= 15 is 0 Å². The molecule has 1 aliphatic rings. The summed E-state index contributed by atoms with van der Waals surface area (Å²) in [6, 6.07) is 0. The third-order valence-corrected chi connectivity index (χ3v) is 5.77. The number of thioether (sulfide) groups is 1. The Kier molecular flexibility index (Phi) is 10.4. The average molecular weight is 417 g/mol. The minimum Gasteiger partial charge on any atom is -0.444 e. The molecule has 0 atom stereocenters. The molecule has 0 radical (unpaired) electrons. The fraction of sp³-hybridized carbons (Fsp3) is 0.900. The Morgan fingerprint density at radius 1 is 1.18 bits per heavy atom. The summed E-state index contributed by atoms with van der Waals surface area (Å²) in [5.41, 5.74) is -0.463. The van der Waals surface area contributed by atoms with Crippen molar-refractivity contribution >= 4 is 23.8 Å². The van der Waals surface area contributed by atoms with Crippen molar-refractivity contribution < 1.29 is 14.3 Å². The zero-order valence-electron chi connectivity index (χ0n) is 18.8. The van der Waals surface area contributed by atoms with Gasteiger partial charge in [-0.25, -0.2) is 4.79 Å². The van der Waals surface area contributed by atoms with Crippen LogP contribution in [0.25, 0.3) is 0 Å². The molecule has 8 heteroatoms. The van der Waals surface area contributed by atoms with Crippen molar-refractivity contribution in [3.05, 3.63) is 0 Å². The van der Waals surface area contributed by atoms with E-state index in [1.165, 1.54) is 0 Å². The first-order chi connectivity index (χ1) is 13.1. The molecular formula is C20H40N4O3S. The van der Waals surface area contributed by atoms with Crippen molar-refractivity contribution in [1.82, 2.24) is 15.5 Å². The highest BCUT2D eigenvalue weighted by molar-refractivity contribution is 7.99. The Hall–Kier alpha value is -1.15. The molecule has 0 aromatic carbocycles. The molecule has 1 amide bonds. The van der Waals surface area contributed by atoms with Crippen LogP contribution in [0, 0.1) is 0 Å². The second-order valence-electron chi connectivity index (χ2n) is 8.70. The normalized spacial score (nSPS) is 16.8. The maximum absolute atomic E-state index is 11.6. The third kappa shape index (κ3) is 10.4. The van der Waals surface area contributed by atoms with Gasteiger partial charge in [-0.2, -0.15) is 11.8 Å². The topological polar surface area (TPSA) is 75.2 Å². The summed E-state index contributed by atoms with van der Waals surface area (Å²) in [6.45, 7) is 14.0. The number of hydrogen-bond donors (Lipinski definition) is 2. The summed E-state index contributed by atoms with van der Waals surface area (Å²) in [6.07, 6.45) is 4.81. The van der Waals surface area contributed by atoms with Gasteiger partial charge >= 0.3 is 6.09 Å². The van der Waals surface area contributed by atoms with Crippen LogP contribution in [0.3, 0.4) is 0 Å². The Labute approximate surface area is 175 Å². The van der Waals surface area contributed by atoms with E-state index < -0.39 is 5.60 Å². The van der Waals surface area contributed by atoms with Crippen LogP contribution in [0.1, 0.15) is 53.9 Å². The quantitative estimate of drug-likeness (QED) is 0.360. The van der Waals surface area contributed by atoms with Gasteiger partial charge < -0.3 is 25.0 Å². The van der Waals surface area contributed by atoms with Crippen LogP contribution in [0.4, 0.5) is 4.79 Å². The molecule has 0 unspecified atom stereocenters. The van der Waals surface area contributed by atoms with Crippen LogP contribution < -0.4 is 10.6 Å². The number of nitrogens with one attached hydrogen (secondary N) is 2. The molecule has 1 saturated heterocycles. The van der Waals surface area contributed by atoms with Crippen LogP contribution in [0.5, 0.6) is 0 Å². The van der Waals surface area contributed by atoms with E-state index in [1.54, 1.807) is 0 Å². The van der Waals surface area contributed by atoms with Gasteiger partial charge in [-0.05, 0) is 60.1 Å². The number of carbonyl (C=O) groups is 1. The molecule has 0 saturated carbocycles. The molecule has 0 aromatic rings. The highest BCUT2D eigenvalue weighted by Crippen LogP contribution is 2.20. The predicted molar refractivity (Wildman–Crippen MR) is 118 cm³/mol. The van der Waals surface area contributed by atoms with Crippen molar-refractivity contribution in [1.29, 1.82) is 0 Å². The maximum Gasteiger partial charge on any atom is 0.407 e. The second-order valence-corrected chi connectivity index (χ2v) is 10.2. The number of guanidine groups is 1. The Morgan fingerprint density at radius 3 is 2.36 bits per heavy atom. The lowest BCUT2D eigenvalue weighted by Gasteiger charge is -2.35. The van der Waals surface area contributed by atoms with Crippen molar-refractivity contribution in [3.63, 3.8) is 0 Å². The average Bonchev–Trinajstić information content (AvgIpc) is 2.61. The first kappa shape index (κ1) is 24.9. The van der Waals surface area contributed by atoms with Crippen molar-refractivity contribution in [2.75, 3.05) is 46.1 Å². The Bertz CT molecular complexity index is 498. The largest absolute Gasteiger partial charge is 0.444 e. The van der Waals surface area contributed by atoms with Gasteiger partial charge in [0.15, 0.2) is 5.96 Å². The number of likely N-dealkylation sites (tertiary alicyclic amines) is 1. The van der Waals surface area contributed by atoms with Crippen LogP contribution in [-0.2, 0) is 9.47 Å². The highest BCUT2D eigenvalue weighted by atomic mass is 32.2. The molecule has 28 heavy (non-hydrogen) atoms. The number of alkyl carbamates (subject to hydrolysis) is 1. The number of nitrogens with zero attached hydrogens (tertiary/aromatic N) is 2. The lowest BCUT2D eigenvalue weighted by molar-refractivity contribution is 0.0170. The molecule has 0 spiro atoms. The van der Waals surface area contributed by atoms with Gasteiger partial charge in [0.25, 0.3) is 0 Å². The van der Waals surface area contributed by atoms with Gasteiger partial charge in [-0.3, -0.25) is 4.99 Å². The van der Waals surface area contributed by atoms with Crippen molar-refractivity contribution in [2.45, 2.75) is 70.3 Å². The maximum atomic E-state index is 11.6. The first-order valence-corrected chi connectivity index (χ1v) is 11.4. The molecule has 7 nitrogen and oxygen atoms in total.